The molecule has 3 amide bonds. The lowest BCUT2D eigenvalue weighted by molar-refractivity contribution is -0.147. The lowest BCUT2D eigenvalue weighted by atomic mass is 9.87. The topological polar surface area (TPSA) is 108 Å². The Morgan fingerprint density at radius 1 is 1.05 bits per heavy atom. The molecule has 0 heterocycles. The zero-order valence-corrected chi connectivity index (χ0v) is 23.1. The summed E-state index contributed by atoms with van der Waals surface area (Å²) in [5.41, 5.74) is 0.725. The summed E-state index contributed by atoms with van der Waals surface area (Å²) in [7, 11) is 0. The molecule has 1 saturated carbocycles. The van der Waals surface area contributed by atoms with Gasteiger partial charge in [-0.3, -0.25) is 9.59 Å². The summed E-state index contributed by atoms with van der Waals surface area (Å²) >= 11 is 0. The smallest absolute Gasteiger partial charge is 0.408 e. The van der Waals surface area contributed by atoms with Crippen LogP contribution >= 0.6 is 0 Å². The molecule has 0 aromatic heterocycles. The summed E-state index contributed by atoms with van der Waals surface area (Å²) in [5.74, 6) is -0.569. The highest BCUT2D eigenvalue weighted by Crippen LogP contribution is 2.35. The zero-order valence-electron chi connectivity index (χ0n) is 23.1. The van der Waals surface area contributed by atoms with E-state index in [9.17, 15) is 19.5 Å². The molecule has 8 nitrogen and oxygen atoms in total. The average molecular weight is 524 g/mol. The van der Waals surface area contributed by atoms with Crippen molar-refractivity contribution in [3.8, 4) is 5.75 Å². The molecule has 0 radical (unpaired) electrons. The maximum atomic E-state index is 14.2. The highest BCUT2D eigenvalue weighted by Gasteiger charge is 2.42. The monoisotopic (exact) mass is 523 g/mol. The number of hydrogen-bond acceptors (Lipinski definition) is 5. The molecule has 3 rings (SSSR count). The summed E-state index contributed by atoms with van der Waals surface area (Å²) in [6.07, 6.45) is 2.18. The Morgan fingerprint density at radius 2 is 1.74 bits per heavy atom. The number of aromatic hydroxyl groups is 1. The highest BCUT2D eigenvalue weighted by atomic mass is 16.6. The van der Waals surface area contributed by atoms with Crippen molar-refractivity contribution >= 4 is 17.9 Å². The fraction of sp³-hybridized carbons (Fsp3) is 0.500. The Kier molecular flexibility index (Phi) is 9.78. The van der Waals surface area contributed by atoms with Crippen LogP contribution in [-0.2, 0) is 20.9 Å². The number of phenolic OH excluding ortho intramolecular Hbond substituents is 1. The van der Waals surface area contributed by atoms with Gasteiger partial charge in [-0.2, -0.15) is 0 Å². The van der Waals surface area contributed by atoms with Crippen LogP contribution in [0, 0.1) is 5.92 Å². The van der Waals surface area contributed by atoms with Crippen LogP contribution in [0.1, 0.15) is 77.5 Å². The summed E-state index contributed by atoms with van der Waals surface area (Å²) in [4.78, 5) is 42.3. The SMILES string of the molecule is CC(C)CC(NC(=O)OC(C)(C)C)C(=O)N(C1CCC1)C(C(=O)NCc1ccccc1)c1cccc(O)c1. The second kappa shape index (κ2) is 12.8. The molecule has 0 aliphatic heterocycles. The minimum absolute atomic E-state index is 0.00924. The molecule has 2 atom stereocenters. The van der Waals surface area contributed by atoms with E-state index in [2.05, 4.69) is 10.6 Å². The molecule has 38 heavy (non-hydrogen) atoms. The number of benzene rings is 2. The van der Waals surface area contributed by atoms with Crippen molar-refractivity contribution in [3.05, 3.63) is 65.7 Å². The molecule has 1 aliphatic carbocycles. The first kappa shape index (κ1) is 29.0. The average Bonchev–Trinajstić information content (AvgIpc) is 2.79. The van der Waals surface area contributed by atoms with Gasteiger partial charge in [0, 0.05) is 12.6 Å². The van der Waals surface area contributed by atoms with E-state index < -0.39 is 23.8 Å². The van der Waals surface area contributed by atoms with E-state index in [1.807, 2.05) is 44.2 Å². The lowest BCUT2D eigenvalue weighted by Crippen LogP contribution is -2.57. The van der Waals surface area contributed by atoms with Gasteiger partial charge < -0.3 is 25.4 Å². The number of nitrogens with one attached hydrogen (secondary N) is 2. The van der Waals surface area contributed by atoms with Crippen LogP contribution in [0.4, 0.5) is 4.79 Å². The highest BCUT2D eigenvalue weighted by molar-refractivity contribution is 5.92. The van der Waals surface area contributed by atoms with Crippen molar-refractivity contribution in [2.75, 3.05) is 0 Å². The number of carbonyl (C=O) groups excluding carboxylic acids is 3. The van der Waals surface area contributed by atoms with Crippen molar-refractivity contribution in [1.82, 2.24) is 15.5 Å². The van der Waals surface area contributed by atoms with Crippen LogP contribution in [0.3, 0.4) is 0 Å². The first-order valence-electron chi connectivity index (χ1n) is 13.4. The predicted molar refractivity (Wildman–Crippen MR) is 146 cm³/mol. The summed E-state index contributed by atoms with van der Waals surface area (Å²) < 4.78 is 5.44. The van der Waals surface area contributed by atoms with Gasteiger partial charge in [-0.15, -0.1) is 0 Å². The lowest BCUT2D eigenvalue weighted by Gasteiger charge is -2.43. The minimum Gasteiger partial charge on any atom is -0.508 e. The fourth-order valence-electron chi connectivity index (χ4n) is 4.52. The van der Waals surface area contributed by atoms with Crippen LogP contribution < -0.4 is 10.6 Å². The molecule has 0 spiro atoms. The van der Waals surface area contributed by atoms with Crippen LogP contribution in [-0.4, -0.2) is 45.6 Å². The fourth-order valence-corrected chi connectivity index (χ4v) is 4.52. The molecule has 206 valence electrons. The number of hydrogen-bond donors (Lipinski definition) is 3. The summed E-state index contributed by atoms with van der Waals surface area (Å²) in [6, 6.07) is 14.0. The van der Waals surface area contributed by atoms with Gasteiger partial charge in [-0.1, -0.05) is 56.3 Å². The molecule has 0 saturated heterocycles. The quantitative estimate of drug-likeness (QED) is 0.403. The van der Waals surface area contributed by atoms with E-state index in [1.54, 1.807) is 37.8 Å². The van der Waals surface area contributed by atoms with Gasteiger partial charge in [0.05, 0.1) is 0 Å². The number of ether oxygens (including phenoxy) is 1. The Labute approximate surface area is 225 Å². The predicted octanol–water partition coefficient (Wildman–Crippen LogP) is 5.07. The summed E-state index contributed by atoms with van der Waals surface area (Å²) in [5, 5.41) is 16.0. The Balaban J connectivity index is 1.96. The third kappa shape index (κ3) is 8.23. The van der Waals surface area contributed by atoms with E-state index in [-0.39, 0.29) is 29.5 Å². The van der Waals surface area contributed by atoms with E-state index in [0.29, 0.717) is 18.5 Å². The van der Waals surface area contributed by atoms with Crippen molar-refractivity contribution in [2.45, 2.75) is 90.6 Å². The first-order chi connectivity index (χ1) is 17.9. The molecule has 0 bridgehead atoms. The summed E-state index contributed by atoms with van der Waals surface area (Å²) in [6.45, 7) is 9.55. The van der Waals surface area contributed by atoms with Crippen LogP contribution in [0.2, 0.25) is 0 Å². The molecule has 8 heteroatoms. The third-order valence-electron chi connectivity index (χ3n) is 6.44. The molecule has 1 fully saturated rings. The normalized spacial score (nSPS) is 15.2. The van der Waals surface area contributed by atoms with Gasteiger partial charge in [0.2, 0.25) is 11.8 Å². The van der Waals surface area contributed by atoms with E-state index in [1.165, 1.54) is 12.1 Å². The maximum Gasteiger partial charge on any atom is 0.408 e. The van der Waals surface area contributed by atoms with Gasteiger partial charge in [0.1, 0.15) is 23.4 Å². The van der Waals surface area contributed by atoms with Crippen LogP contribution in [0.15, 0.2) is 54.6 Å². The molecule has 2 unspecified atom stereocenters. The number of alkyl carbamates (subject to hydrolysis) is 1. The number of rotatable bonds is 10. The molecule has 2 aromatic carbocycles. The Hall–Kier alpha value is -3.55. The van der Waals surface area contributed by atoms with Crippen molar-refractivity contribution in [1.29, 1.82) is 0 Å². The number of nitrogens with zero attached hydrogens (tertiary/aromatic N) is 1. The molecule has 3 N–H and O–H groups in total. The second-order valence-electron chi connectivity index (χ2n) is 11.4. The number of amides is 3. The van der Waals surface area contributed by atoms with E-state index in [4.69, 9.17) is 4.74 Å². The molecular formula is C30H41N3O5. The minimum atomic E-state index is -0.973. The van der Waals surface area contributed by atoms with Crippen LogP contribution in [0.5, 0.6) is 5.75 Å². The van der Waals surface area contributed by atoms with Gasteiger partial charge in [-0.25, -0.2) is 4.79 Å². The van der Waals surface area contributed by atoms with Gasteiger partial charge in [-0.05, 0) is 75.6 Å². The Morgan fingerprint density at radius 3 is 2.29 bits per heavy atom. The van der Waals surface area contributed by atoms with Crippen molar-refractivity contribution < 1.29 is 24.2 Å². The molecule has 1 aliphatic rings. The van der Waals surface area contributed by atoms with Gasteiger partial charge >= 0.3 is 6.09 Å². The molecule has 2 aromatic rings. The van der Waals surface area contributed by atoms with Gasteiger partial charge in [0.25, 0.3) is 0 Å². The largest absolute Gasteiger partial charge is 0.508 e. The first-order valence-corrected chi connectivity index (χ1v) is 13.4. The third-order valence-corrected chi connectivity index (χ3v) is 6.44. The number of carbonyl (C=O) groups is 3. The number of phenols is 1. The standard InChI is InChI=1S/C30H41N3O5/c1-20(2)17-25(32-29(37)38-30(3,4)5)28(36)33(23-14-10-15-23)26(22-13-9-16-24(34)18-22)27(35)31-19-21-11-7-6-8-12-21/h6-9,11-13,16,18,20,23,25-26,34H,10,14-15,17,19H2,1-5H3,(H,31,35)(H,32,37). The molecular weight excluding hydrogens is 482 g/mol. The van der Waals surface area contributed by atoms with Gasteiger partial charge in [0.15, 0.2) is 0 Å². The van der Waals surface area contributed by atoms with Crippen molar-refractivity contribution in [2.24, 2.45) is 5.92 Å². The second-order valence-corrected chi connectivity index (χ2v) is 11.4. The van der Waals surface area contributed by atoms with Crippen molar-refractivity contribution in [3.63, 3.8) is 0 Å². The van der Waals surface area contributed by atoms with E-state index in [0.717, 1.165) is 24.8 Å². The van der Waals surface area contributed by atoms with E-state index >= 15 is 0 Å². The van der Waals surface area contributed by atoms with Crippen LogP contribution in [0.25, 0.3) is 0 Å². The maximum absolute atomic E-state index is 14.2. The Bertz CT molecular complexity index is 1090. The zero-order chi connectivity index (χ0) is 27.9.